The summed E-state index contributed by atoms with van der Waals surface area (Å²) in [6, 6.07) is 6.15. The average Bonchev–Trinajstić information content (AvgIpc) is 2.17. The molecule has 2 heteroatoms. The summed E-state index contributed by atoms with van der Waals surface area (Å²) in [7, 11) is 0. The van der Waals surface area contributed by atoms with Crippen LogP contribution in [0.5, 0.6) is 0 Å². The molecule has 0 aromatic heterocycles. The van der Waals surface area contributed by atoms with Gasteiger partial charge in [0.1, 0.15) is 5.54 Å². The van der Waals surface area contributed by atoms with Crippen molar-refractivity contribution in [1.82, 2.24) is 0 Å². The van der Waals surface area contributed by atoms with Crippen LogP contribution < -0.4 is 0 Å². The van der Waals surface area contributed by atoms with Crippen molar-refractivity contribution < 1.29 is 0 Å². The highest BCUT2D eigenvalue weighted by Crippen LogP contribution is 2.29. The van der Waals surface area contributed by atoms with Gasteiger partial charge in [0.25, 0.3) is 0 Å². The minimum Gasteiger partial charge on any atom is -0.150 e. The average molecular weight is 205 g/mol. The van der Waals surface area contributed by atoms with Gasteiger partial charge in [-0.3, -0.25) is 0 Å². The Labute approximate surface area is 91.7 Å². The molecule has 0 atom stereocenters. The van der Waals surface area contributed by atoms with Gasteiger partial charge < -0.3 is 0 Å². The Kier molecular flexibility index (Phi) is 3.28. The van der Waals surface area contributed by atoms with Gasteiger partial charge in [0, 0.05) is 0 Å². The van der Waals surface area contributed by atoms with E-state index in [0.717, 1.165) is 5.56 Å². The van der Waals surface area contributed by atoms with E-state index in [2.05, 4.69) is 38.1 Å². The number of nitrogens with zero attached hydrogens (tertiary/aromatic N) is 1. The van der Waals surface area contributed by atoms with Gasteiger partial charge in [-0.05, 0) is 43.4 Å². The van der Waals surface area contributed by atoms with E-state index in [-0.39, 0.29) is 0 Å². The lowest BCUT2D eigenvalue weighted by Gasteiger charge is -2.19. The van der Waals surface area contributed by atoms with Crippen LogP contribution in [0.4, 0.5) is 0 Å². The molecular formula is C13H19NO. The molecule has 0 spiro atoms. The fraction of sp³-hybridized carbons (Fsp3) is 0.538. The predicted octanol–water partition coefficient (Wildman–Crippen LogP) is 4.12. The van der Waals surface area contributed by atoms with Crippen LogP contribution in [0, 0.1) is 11.8 Å². The number of hydrogen-bond donors (Lipinski definition) is 0. The van der Waals surface area contributed by atoms with Gasteiger partial charge >= 0.3 is 0 Å². The van der Waals surface area contributed by atoms with E-state index < -0.39 is 5.54 Å². The summed E-state index contributed by atoms with van der Waals surface area (Å²) >= 11 is 0. The number of nitroso groups, excluding NO2 is 1. The smallest absolute Gasteiger partial charge is 0.122 e. The topological polar surface area (TPSA) is 29.4 Å². The Morgan fingerprint density at radius 3 is 2.33 bits per heavy atom. The molecule has 2 nitrogen and oxygen atoms in total. The number of hydrogen-bond acceptors (Lipinski definition) is 2. The fourth-order valence-electron chi connectivity index (χ4n) is 1.70. The van der Waals surface area contributed by atoms with Crippen LogP contribution in [0.25, 0.3) is 0 Å². The summed E-state index contributed by atoms with van der Waals surface area (Å²) in [5.41, 5.74) is 2.93. The van der Waals surface area contributed by atoms with E-state index in [1.165, 1.54) is 11.1 Å². The van der Waals surface area contributed by atoms with Crippen LogP contribution in [0.2, 0.25) is 0 Å². The molecule has 0 saturated heterocycles. The first-order valence-corrected chi connectivity index (χ1v) is 5.34. The van der Waals surface area contributed by atoms with E-state index in [9.17, 15) is 4.91 Å². The Balaban J connectivity index is 3.24. The quantitative estimate of drug-likeness (QED) is 0.682. The molecule has 0 aliphatic rings. The summed E-state index contributed by atoms with van der Waals surface area (Å²) in [4.78, 5) is 10.7. The second-order valence-electron chi connectivity index (χ2n) is 4.88. The van der Waals surface area contributed by atoms with Crippen molar-refractivity contribution in [2.24, 2.45) is 5.18 Å². The van der Waals surface area contributed by atoms with Crippen molar-refractivity contribution in [2.45, 2.75) is 46.1 Å². The van der Waals surface area contributed by atoms with Crippen molar-refractivity contribution in [3.8, 4) is 0 Å². The SMILES string of the molecule is Cc1ccc(C(C)(C)N=O)cc1C(C)C. The molecule has 1 aromatic rings. The Morgan fingerprint density at radius 2 is 1.87 bits per heavy atom. The highest BCUT2D eigenvalue weighted by molar-refractivity contribution is 5.36. The lowest BCUT2D eigenvalue weighted by molar-refractivity contribution is 0.551. The number of aryl methyl sites for hydroxylation is 1. The summed E-state index contributed by atoms with van der Waals surface area (Å²) in [6.45, 7) is 10.1. The molecule has 0 amide bonds. The standard InChI is InChI=1S/C13H19NO/c1-9(2)12-8-11(7-6-10(12)3)13(4,5)14-15/h6-9H,1-5H3. The van der Waals surface area contributed by atoms with Gasteiger partial charge in [0.05, 0.1) is 0 Å². The van der Waals surface area contributed by atoms with E-state index in [4.69, 9.17) is 0 Å². The minimum atomic E-state index is -0.628. The molecule has 0 aliphatic carbocycles. The summed E-state index contributed by atoms with van der Waals surface area (Å²) in [5.74, 6) is 0.479. The zero-order valence-corrected chi connectivity index (χ0v) is 10.2. The van der Waals surface area contributed by atoms with Crippen LogP contribution in [-0.2, 0) is 5.54 Å². The normalized spacial score (nSPS) is 11.9. The predicted molar refractivity (Wildman–Crippen MR) is 64.1 cm³/mol. The van der Waals surface area contributed by atoms with E-state index in [1.807, 2.05) is 19.9 Å². The number of rotatable bonds is 3. The Bertz CT molecular complexity index is 367. The molecule has 0 saturated carbocycles. The third-order valence-corrected chi connectivity index (χ3v) is 2.84. The van der Waals surface area contributed by atoms with Gasteiger partial charge in [-0.1, -0.05) is 37.2 Å². The third-order valence-electron chi connectivity index (χ3n) is 2.84. The number of benzene rings is 1. The molecule has 0 fully saturated rings. The van der Waals surface area contributed by atoms with Crippen LogP contribution in [0.15, 0.2) is 23.4 Å². The van der Waals surface area contributed by atoms with Gasteiger partial charge in [0.15, 0.2) is 0 Å². The van der Waals surface area contributed by atoms with Gasteiger partial charge in [-0.15, -0.1) is 4.91 Å². The molecule has 0 aliphatic heterocycles. The van der Waals surface area contributed by atoms with Crippen LogP contribution in [-0.4, -0.2) is 0 Å². The summed E-state index contributed by atoms with van der Waals surface area (Å²) in [5, 5.41) is 3.17. The zero-order chi connectivity index (χ0) is 11.6. The second-order valence-corrected chi connectivity index (χ2v) is 4.88. The molecule has 0 unspecified atom stereocenters. The zero-order valence-electron chi connectivity index (χ0n) is 10.2. The van der Waals surface area contributed by atoms with E-state index in [1.54, 1.807) is 0 Å². The lowest BCUT2D eigenvalue weighted by Crippen LogP contribution is -2.13. The largest absolute Gasteiger partial charge is 0.150 e. The lowest BCUT2D eigenvalue weighted by atomic mass is 9.89. The highest BCUT2D eigenvalue weighted by atomic mass is 16.3. The van der Waals surface area contributed by atoms with Crippen LogP contribution in [0.1, 0.15) is 50.3 Å². The summed E-state index contributed by atoms with van der Waals surface area (Å²) < 4.78 is 0. The maximum absolute atomic E-state index is 10.7. The monoisotopic (exact) mass is 205 g/mol. The summed E-state index contributed by atoms with van der Waals surface area (Å²) in [6.07, 6.45) is 0. The van der Waals surface area contributed by atoms with Crippen molar-refractivity contribution in [3.05, 3.63) is 39.8 Å². The van der Waals surface area contributed by atoms with Crippen molar-refractivity contribution in [1.29, 1.82) is 0 Å². The molecule has 0 N–H and O–H groups in total. The molecule has 1 rings (SSSR count). The van der Waals surface area contributed by atoms with Crippen LogP contribution >= 0.6 is 0 Å². The molecule has 0 radical (unpaired) electrons. The minimum absolute atomic E-state index is 0.479. The maximum atomic E-state index is 10.7. The van der Waals surface area contributed by atoms with Gasteiger partial charge in [0.2, 0.25) is 0 Å². The van der Waals surface area contributed by atoms with Gasteiger partial charge in [-0.25, -0.2) is 0 Å². The molecule has 82 valence electrons. The second kappa shape index (κ2) is 4.13. The maximum Gasteiger partial charge on any atom is 0.122 e. The molecule has 1 aromatic carbocycles. The van der Waals surface area contributed by atoms with Crippen molar-refractivity contribution in [2.75, 3.05) is 0 Å². The Hall–Kier alpha value is -1.18. The third kappa shape index (κ3) is 2.44. The van der Waals surface area contributed by atoms with E-state index in [0.29, 0.717) is 5.92 Å². The first-order chi connectivity index (χ1) is 6.88. The Morgan fingerprint density at radius 1 is 1.27 bits per heavy atom. The van der Waals surface area contributed by atoms with Crippen LogP contribution in [0.3, 0.4) is 0 Å². The molecule has 0 bridgehead atoms. The first kappa shape index (κ1) is 11.9. The first-order valence-electron chi connectivity index (χ1n) is 5.34. The van der Waals surface area contributed by atoms with E-state index >= 15 is 0 Å². The molecule has 15 heavy (non-hydrogen) atoms. The molecule has 0 heterocycles. The fourth-order valence-corrected chi connectivity index (χ4v) is 1.70. The van der Waals surface area contributed by atoms with Gasteiger partial charge in [-0.2, -0.15) is 0 Å². The highest BCUT2D eigenvalue weighted by Gasteiger charge is 2.22. The molecular weight excluding hydrogens is 186 g/mol. The van der Waals surface area contributed by atoms with Crippen molar-refractivity contribution in [3.63, 3.8) is 0 Å². The van der Waals surface area contributed by atoms with Crippen molar-refractivity contribution >= 4 is 0 Å².